The highest BCUT2D eigenvalue weighted by molar-refractivity contribution is 6.31. The Hall–Kier alpha value is -0.690. The van der Waals surface area contributed by atoms with Crippen molar-refractivity contribution in [2.75, 3.05) is 0 Å². The molecule has 0 aliphatic rings. The van der Waals surface area contributed by atoms with Crippen molar-refractivity contribution in [3.8, 4) is 0 Å². The van der Waals surface area contributed by atoms with Gasteiger partial charge >= 0.3 is 0 Å². The second-order valence-corrected chi connectivity index (χ2v) is 2.40. The van der Waals surface area contributed by atoms with Gasteiger partial charge in [-0.05, 0) is 32.1 Å². The third-order valence-electron chi connectivity index (χ3n) is 0.831. The number of rotatable bonds is 2. The van der Waals surface area contributed by atoms with Gasteiger partial charge in [-0.3, -0.25) is 0 Å². The molecule has 0 rings (SSSR count). The molecule has 0 fully saturated rings. The molecule has 0 aromatic heterocycles. The van der Waals surface area contributed by atoms with Crippen LogP contribution in [0.2, 0.25) is 0 Å². The summed E-state index contributed by atoms with van der Waals surface area (Å²) < 4.78 is 0. The van der Waals surface area contributed by atoms with Gasteiger partial charge in [0.2, 0.25) is 0 Å². The zero-order valence-electron chi connectivity index (χ0n) is 6.26. The van der Waals surface area contributed by atoms with E-state index < -0.39 is 0 Å². The summed E-state index contributed by atoms with van der Waals surface area (Å²) >= 11 is 5.70. The topological polar surface area (TPSA) is 26.0 Å². The van der Waals surface area contributed by atoms with Crippen LogP contribution >= 0.6 is 11.6 Å². The smallest absolute Gasteiger partial charge is 0.0403 e. The lowest BCUT2D eigenvalue weighted by Gasteiger charge is -1.85. The Kier molecular flexibility index (Phi) is 4.77. The molecule has 0 radical (unpaired) electrons. The summed E-state index contributed by atoms with van der Waals surface area (Å²) in [4.78, 5) is 0. The molecule has 1 nitrogen and oxygen atoms in total. The first-order valence-electron chi connectivity index (χ1n) is 3.09. The fraction of sp³-hybridized carbons (Fsp3) is 0.250. The monoisotopic (exact) mass is 157 g/mol. The molecule has 0 aromatic carbocycles. The lowest BCUT2D eigenvalue weighted by molar-refractivity contribution is 1.32. The molecule has 0 atom stereocenters. The molecule has 0 aliphatic heterocycles. The summed E-state index contributed by atoms with van der Waals surface area (Å²) in [5, 5.41) is 0.687. The summed E-state index contributed by atoms with van der Waals surface area (Å²) in [7, 11) is 0. The van der Waals surface area contributed by atoms with Gasteiger partial charge in [-0.1, -0.05) is 17.7 Å². The van der Waals surface area contributed by atoms with E-state index in [2.05, 4.69) is 0 Å². The highest BCUT2D eigenvalue weighted by Gasteiger charge is 1.79. The van der Waals surface area contributed by atoms with Crippen molar-refractivity contribution < 1.29 is 0 Å². The van der Waals surface area contributed by atoms with Crippen LogP contribution in [0.15, 0.2) is 35.0 Å². The number of nitrogens with two attached hydrogens (primary N) is 1. The van der Waals surface area contributed by atoms with E-state index in [9.17, 15) is 0 Å². The molecular formula is C8H12ClN. The molecule has 0 unspecified atom stereocenters. The summed E-state index contributed by atoms with van der Waals surface area (Å²) in [5.41, 5.74) is 6.12. The predicted octanol–water partition coefficient (Wildman–Crippen LogP) is 2.55. The molecule has 0 heterocycles. The Morgan fingerprint density at radius 1 is 1.40 bits per heavy atom. The number of halogens is 1. The van der Waals surface area contributed by atoms with Crippen molar-refractivity contribution in [2.24, 2.45) is 5.73 Å². The number of allylic oxidation sites excluding steroid dienone is 6. The van der Waals surface area contributed by atoms with E-state index in [1.807, 2.05) is 19.9 Å². The molecule has 0 saturated carbocycles. The van der Waals surface area contributed by atoms with Crippen molar-refractivity contribution >= 4 is 11.6 Å². The molecular weight excluding hydrogens is 146 g/mol. The van der Waals surface area contributed by atoms with E-state index in [1.165, 1.54) is 0 Å². The van der Waals surface area contributed by atoms with Gasteiger partial charge in [-0.25, -0.2) is 0 Å². The molecule has 0 bridgehead atoms. The minimum absolute atomic E-state index is 0.687. The Labute approximate surface area is 66.9 Å². The maximum atomic E-state index is 5.70. The van der Waals surface area contributed by atoms with E-state index >= 15 is 0 Å². The van der Waals surface area contributed by atoms with E-state index in [0.717, 1.165) is 5.70 Å². The molecule has 56 valence electrons. The average molecular weight is 158 g/mol. The molecule has 0 saturated heterocycles. The van der Waals surface area contributed by atoms with Crippen LogP contribution in [-0.2, 0) is 0 Å². The van der Waals surface area contributed by atoms with Gasteiger partial charge in [0.25, 0.3) is 0 Å². The van der Waals surface area contributed by atoms with Crippen LogP contribution in [0, 0.1) is 0 Å². The Bertz CT molecular complexity index is 174. The quantitative estimate of drug-likeness (QED) is 0.613. The standard InChI is InChI=1S/C8H12ClN/c1-3-4-8(9)6-5-7(2)10/h3-6H,10H2,1-2H3/b4-3+,7-5+,8-6+. The lowest BCUT2D eigenvalue weighted by Crippen LogP contribution is -1.87. The molecule has 0 aliphatic carbocycles. The first kappa shape index (κ1) is 9.31. The molecule has 2 heteroatoms. The van der Waals surface area contributed by atoms with Crippen LogP contribution in [0.4, 0.5) is 0 Å². The number of hydrogen-bond acceptors (Lipinski definition) is 1. The molecule has 10 heavy (non-hydrogen) atoms. The summed E-state index contributed by atoms with van der Waals surface area (Å²) in [5.74, 6) is 0. The number of hydrogen-bond donors (Lipinski definition) is 1. The van der Waals surface area contributed by atoms with Gasteiger partial charge < -0.3 is 5.73 Å². The highest BCUT2D eigenvalue weighted by Crippen LogP contribution is 2.02. The van der Waals surface area contributed by atoms with Crippen LogP contribution in [0.1, 0.15) is 13.8 Å². The average Bonchev–Trinajstić information content (AvgIpc) is 1.85. The maximum Gasteiger partial charge on any atom is 0.0403 e. The zero-order valence-corrected chi connectivity index (χ0v) is 7.02. The van der Waals surface area contributed by atoms with Crippen molar-refractivity contribution in [2.45, 2.75) is 13.8 Å². The fourth-order valence-corrected chi connectivity index (χ4v) is 0.615. The van der Waals surface area contributed by atoms with Crippen molar-refractivity contribution in [3.05, 3.63) is 35.0 Å². The van der Waals surface area contributed by atoms with Gasteiger partial charge in [-0.15, -0.1) is 0 Å². The van der Waals surface area contributed by atoms with Crippen LogP contribution in [0.25, 0.3) is 0 Å². The third-order valence-corrected chi connectivity index (χ3v) is 1.08. The van der Waals surface area contributed by atoms with E-state index in [4.69, 9.17) is 17.3 Å². The highest BCUT2D eigenvalue weighted by atomic mass is 35.5. The van der Waals surface area contributed by atoms with Gasteiger partial charge in [0, 0.05) is 10.7 Å². The zero-order chi connectivity index (χ0) is 7.98. The van der Waals surface area contributed by atoms with E-state index in [-0.39, 0.29) is 0 Å². The first-order chi connectivity index (χ1) is 4.66. The van der Waals surface area contributed by atoms with Crippen LogP contribution in [-0.4, -0.2) is 0 Å². The molecule has 0 spiro atoms. The second kappa shape index (κ2) is 5.12. The minimum Gasteiger partial charge on any atom is -0.402 e. The van der Waals surface area contributed by atoms with Gasteiger partial charge in [0.1, 0.15) is 0 Å². The lowest BCUT2D eigenvalue weighted by atomic mass is 10.4. The SMILES string of the molecule is C/C=C/C(Cl)=C\C=C(/C)N. The predicted molar refractivity (Wildman–Crippen MR) is 46.7 cm³/mol. The van der Waals surface area contributed by atoms with Gasteiger partial charge in [0.05, 0.1) is 0 Å². The Morgan fingerprint density at radius 2 is 2.00 bits per heavy atom. The largest absolute Gasteiger partial charge is 0.402 e. The van der Waals surface area contributed by atoms with Crippen LogP contribution in [0.5, 0.6) is 0 Å². The molecule has 2 N–H and O–H groups in total. The summed E-state index contributed by atoms with van der Waals surface area (Å²) in [6, 6.07) is 0. The van der Waals surface area contributed by atoms with Crippen molar-refractivity contribution in [1.82, 2.24) is 0 Å². The second-order valence-electron chi connectivity index (χ2n) is 1.96. The summed E-state index contributed by atoms with van der Waals surface area (Å²) in [6.45, 7) is 3.73. The third kappa shape index (κ3) is 5.45. The molecule has 0 amide bonds. The first-order valence-corrected chi connectivity index (χ1v) is 3.47. The normalized spacial score (nSPS) is 14.7. The maximum absolute atomic E-state index is 5.70. The van der Waals surface area contributed by atoms with E-state index in [1.54, 1.807) is 18.2 Å². The van der Waals surface area contributed by atoms with Crippen LogP contribution in [0.3, 0.4) is 0 Å². The Morgan fingerprint density at radius 3 is 2.40 bits per heavy atom. The Balaban J connectivity index is 4.05. The van der Waals surface area contributed by atoms with Crippen LogP contribution < -0.4 is 5.73 Å². The molecule has 0 aromatic rings. The minimum atomic E-state index is 0.687. The van der Waals surface area contributed by atoms with Crippen molar-refractivity contribution in [1.29, 1.82) is 0 Å². The van der Waals surface area contributed by atoms with Gasteiger partial charge in [-0.2, -0.15) is 0 Å². The van der Waals surface area contributed by atoms with Gasteiger partial charge in [0.15, 0.2) is 0 Å². The summed E-state index contributed by atoms with van der Waals surface area (Å²) in [6.07, 6.45) is 7.21. The van der Waals surface area contributed by atoms with Crippen molar-refractivity contribution in [3.63, 3.8) is 0 Å². The van der Waals surface area contributed by atoms with E-state index in [0.29, 0.717) is 5.03 Å². The fourth-order valence-electron chi connectivity index (χ4n) is 0.426.